The summed E-state index contributed by atoms with van der Waals surface area (Å²) in [5, 5.41) is 0.935. The van der Waals surface area contributed by atoms with E-state index in [2.05, 4.69) is 10.9 Å². The van der Waals surface area contributed by atoms with Crippen molar-refractivity contribution in [3.63, 3.8) is 0 Å². The molecule has 0 bridgehead atoms. The maximum atomic E-state index is 12.3. The summed E-state index contributed by atoms with van der Waals surface area (Å²) in [7, 11) is 0. The Morgan fingerprint density at radius 1 is 1.03 bits per heavy atom. The first-order valence-corrected chi connectivity index (χ1v) is 10.2. The third kappa shape index (κ3) is 5.66. The standard InChI is InChI=1S/C20H16Cl3N3O5/c21-12-5-6-15(23)16(8-12)26-9-11(7-18(26)28)20(30)31-10-17(27)24-25-19(29)13-3-1-2-4-14(13)22/h1-6,8,11H,7,9-10H2,(H,24,27)(H,25,29)/t11-/m0/s1. The molecule has 2 N–H and O–H groups in total. The molecule has 0 spiro atoms. The first kappa shape index (κ1) is 22.9. The van der Waals surface area contributed by atoms with Crippen molar-refractivity contribution in [2.24, 2.45) is 5.92 Å². The van der Waals surface area contributed by atoms with E-state index in [1.165, 1.54) is 23.1 Å². The van der Waals surface area contributed by atoms with Gasteiger partial charge in [0.2, 0.25) is 5.91 Å². The van der Waals surface area contributed by atoms with Gasteiger partial charge < -0.3 is 9.64 Å². The number of esters is 1. The molecule has 1 aliphatic heterocycles. The fourth-order valence-electron chi connectivity index (χ4n) is 2.92. The molecule has 0 saturated carbocycles. The van der Waals surface area contributed by atoms with Crippen LogP contribution in [0.5, 0.6) is 0 Å². The van der Waals surface area contributed by atoms with Gasteiger partial charge in [0.25, 0.3) is 11.8 Å². The van der Waals surface area contributed by atoms with Crippen molar-refractivity contribution in [2.75, 3.05) is 18.1 Å². The molecule has 0 aromatic heterocycles. The summed E-state index contributed by atoms with van der Waals surface area (Å²) >= 11 is 18.0. The molecule has 162 valence electrons. The van der Waals surface area contributed by atoms with Gasteiger partial charge in [-0.2, -0.15) is 0 Å². The highest BCUT2D eigenvalue weighted by Gasteiger charge is 2.37. The summed E-state index contributed by atoms with van der Waals surface area (Å²) in [4.78, 5) is 49.8. The Morgan fingerprint density at radius 2 is 1.77 bits per heavy atom. The first-order chi connectivity index (χ1) is 14.8. The number of hydrazine groups is 1. The third-order valence-electron chi connectivity index (χ3n) is 4.44. The number of anilines is 1. The number of hydrogen-bond donors (Lipinski definition) is 2. The average Bonchev–Trinajstić information content (AvgIpc) is 3.13. The molecule has 3 rings (SSSR count). The number of carbonyl (C=O) groups is 4. The van der Waals surface area contributed by atoms with E-state index in [-0.39, 0.29) is 29.5 Å². The van der Waals surface area contributed by atoms with Gasteiger partial charge in [0.1, 0.15) is 0 Å². The lowest BCUT2D eigenvalue weighted by molar-refractivity contribution is -0.152. The zero-order chi connectivity index (χ0) is 22.5. The van der Waals surface area contributed by atoms with Crippen LogP contribution < -0.4 is 15.8 Å². The van der Waals surface area contributed by atoms with Crippen LogP contribution in [0.25, 0.3) is 0 Å². The molecular formula is C20H16Cl3N3O5. The van der Waals surface area contributed by atoms with Crippen LogP contribution in [0.3, 0.4) is 0 Å². The molecular weight excluding hydrogens is 469 g/mol. The van der Waals surface area contributed by atoms with Crippen LogP contribution >= 0.6 is 34.8 Å². The maximum absolute atomic E-state index is 12.3. The third-order valence-corrected chi connectivity index (χ3v) is 5.32. The van der Waals surface area contributed by atoms with Gasteiger partial charge in [-0.15, -0.1) is 0 Å². The summed E-state index contributed by atoms with van der Waals surface area (Å²) in [6.07, 6.45) is -0.0907. The SMILES string of the molecule is O=C(COC(=O)[C@H]1CC(=O)N(c2cc(Cl)ccc2Cl)C1)NNC(=O)c1ccccc1Cl. The highest BCUT2D eigenvalue weighted by molar-refractivity contribution is 6.36. The quantitative estimate of drug-likeness (QED) is 0.501. The summed E-state index contributed by atoms with van der Waals surface area (Å²) in [5.41, 5.74) is 4.87. The van der Waals surface area contributed by atoms with E-state index < -0.39 is 30.3 Å². The summed E-state index contributed by atoms with van der Waals surface area (Å²) in [6.45, 7) is -0.590. The number of rotatable bonds is 5. The van der Waals surface area contributed by atoms with E-state index in [1.54, 1.807) is 24.3 Å². The number of hydrogen-bond acceptors (Lipinski definition) is 5. The maximum Gasteiger partial charge on any atom is 0.311 e. The first-order valence-electron chi connectivity index (χ1n) is 9.02. The minimum atomic E-state index is -0.770. The lowest BCUT2D eigenvalue weighted by Gasteiger charge is -2.18. The van der Waals surface area contributed by atoms with Gasteiger partial charge in [0.05, 0.1) is 27.2 Å². The molecule has 0 aliphatic carbocycles. The Labute approximate surface area is 192 Å². The minimum absolute atomic E-state index is 0.0442. The van der Waals surface area contributed by atoms with Gasteiger partial charge in [0, 0.05) is 18.0 Å². The monoisotopic (exact) mass is 483 g/mol. The van der Waals surface area contributed by atoms with E-state index >= 15 is 0 Å². The molecule has 0 radical (unpaired) electrons. The number of nitrogens with one attached hydrogen (secondary N) is 2. The molecule has 8 nitrogen and oxygen atoms in total. The van der Waals surface area contributed by atoms with Gasteiger partial charge in [-0.05, 0) is 30.3 Å². The average molecular weight is 485 g/mol. The molecule has 0 unspecified atom stereocenters. The molecule has 3 amide bonds. The van der Waals surface area contributed by atoms with Gasteiger partial charge in [-0.1, -0.05) is 46.9 Å². The molecule has 1 aliphatic rings. The molecule has 2 aromatic rings. The number of benzene rings is 2. The van der Waals surface area contributed by atoms with Crippen LogP contribution in [0.2, 0.25) is 15.1 Å². The van der Waals surface area contributed by atoms with E-state index in [0.717, 1.165) is 0 Å². The number of halogens is 3. The summed E-state index contributed by atoms with van der Waals surface area (Å²) < 4.78 is 4.97. The van der Waals surface area contributed by atoms with E-state index in [1.807, 2.05) is 0 Å². The van der Waals surface area contributed by atoms with E-state index in [4.69, 9.17) is 39.5 Å². The Bertz CT molecular complexity index is 1050. The molecule has 11 heteroatoms. The summed E-state index contributed by atoms with van der Waals surface area (Å²) in [6, 6.07) is 11.0. The van der Waals surface area contributed by atoms with Crippen LogP contribution in [-0.4, -0.2) is 36.8 Å². The molecule has 1 heterocycles. The van der Waals surface area contributed by atoms with Crippen LogP contribution in [0.1, 0.15) is 16.8 Å². The Morgan fingerprint density at radius 3 is 2.52 bits per heavy atom. The zero-order valence-corrected chi connectivity index (χ0v) is 18.1. The predicted molar refractivity (Wildman–Crippen MR) is 115 cm³/mol. The number of amides is 3. The van der Waals surface area contributed by atoms with Gasteiger partial charge in [0.15, 0.2) is 6.61 Å². The van der Waals surface area contributed by atoms with E-state index in [9.17, 15) is 19.2 Å². The van der Waals surface area contributed by atoms with Gasteiger partial charge in [-0.3, -0.25) is 30.0 Å². The second-order valence-electron chi connectivity index (χ2n) is 6.59. The highest BCUT2D eigenvalue weighted by atomic mass is 35.5. The fraction of sp³-hybridized carbons (Fsp3) is 0.200. The Balaban J connectivity index is 1.49. The van der Waals surface area contributed by atoms with Crippen molar-refractivity contribution in [1.29, 1.82) is 0 Å². The van der Waals surface area contributed by atoms with Crippen molar-refractivity contribution in [2.45, 2.75) is 6.42 Å². The highest BCUT2D eigenvalue weighted by Crippen LogP contribution is 2.33. The minimum Gasteiger partial charge on any atom is -0.455 e. The van der Waals surface area contributed by atoms with E-state index in [0.29, 0.717) is 15.7 Å². The van der Waals surface area contributed by atoms with Crippen molar-refractivity contribution < 1.29 is 23.9 Å². The predicted octanol–water partition coefficient (Wildman–Crippen LogP) is 3.00. The molecule has 1 fully saturated rings. The van der Waals surface area contributed by atoms with Crippen LogP contribution in [-0.2, 0) is 19.1 Å². The van der Waals surface area contributed by atoms with Crippen molar-refractivity contribution >= 4 is 64.2 Å². The molecule has 31 heavy (non-hydrogen) atoms. The zero-order valence-electron chi connectivity index (χ0n) is 15.9. The fourth-order valence-corrected chi connectivity index (χ4v) is 3.53. The molecule has 2 aromatic carbocycles. The number of nitrogens with zero attached hydrogens (tertiary/aromatic N) is 1. The van der Waals surface area contributed by atoms with Crippen molar-refractivity contribution in [3.05, 3.63) is 63.1 Å². The Kier molecular flexibility index (Phi) is 7.37. The molecule has 1 saturated heterocycles. The Hall–Kier alpha value is -2.81. The second-order valence-corrected chi connectivity index (χ2v) is 7.84. The number of carbonyl (C=O) groups excluding carboxylic acids is 4. The van der Waals surface area contributed by atoms with Crippen molar-refractivity contribution in [1.82, 2.24) is 10.9 Å². The van der Waals surface area contributed by atoms with Gasteiger partial charge in [-0.25, -0.2) is 0 Å². The topological polar surface area (TPSA) is 105 Å². The van der Waals surface area contributed by atoms with Gasteiger partial charge >= 0.3 is 5.97 Å². The van der Waals surface area contributed by atoms with Crippen LogP contribution in [0.15, 0.2) is 42.5 Å². The molecule has 1 atom stereocenters. The number of ether oxygens (including phenoxy) is 1. The summed E-state index contributed by atoms with van der Waals surface area (Å²) in [5.74, 6) is -3.19. The largest absolute Gasteiger partial charge is 0.455 e. The van der Waals surface area contributed by atoms with Crippen molar-refractivity contribution in [3.8, 4) is 0 Å². The smallest absolute Gasteiger partial charge is 0.311 e. The lowest BCUT2D eigenvalue weighted by atomic mass is 10.1. The van der Waals surface area contributed by atoms with Crippen LogP contribution in [0, 0.1) is 5.92 Å². The second kappa shape index (κ2) is 10.00. The normalized spacial score (nSPS) is 15.5. The lowest BCUT2D eigenvalue weighted by Crippen LogP contribution is -2.44. The van der Waals surface area contributed by atoms with Crippen LogP contribution in [0.4, 0.5) is 5.69 Å².